The Morgan fingerprint density at radius 2 is 1.68 bits per heavy atom. The van der Waals surface area contributed by atoms with Crippen LogP contribution < -0.4 is 19.7 Å². The minimum absolute atomic E-state index is 0.169. The van der Waals surface area contributed by atoms with E-state index >= 15 is 0 Å². The molecule has 0 spiro atoms. The average molecular weight is 628 g/mol. The number of benzene rings is 3. The van der Waals surface area contributed by atoms with E-state index in [9.17, 15) is 14.4 Å². The van der Waals surface area contributed by atoms with Crippen molar-refractivity contribution in [2.75, 3.05) is 11.5 Å². The second-order valence-corrected chi connectivity index (χ2v) is 10.2. The number of anilines is 1. The first-order valence-corrected chi connectivity index (χ1v) is 13.1. The summed E-state index contributed by atoms with van der Waals surface area (Å²) in [6.07, 6.45) is 1.44. The smallest absolute Gasteiger partial charge is 0.335 e. The Hall–Kier alpha value is -3.43. The van der Waals surface area contributed by atoms with E-state index in [0.717, 1.165) is 26.1 Å². The number of rotatable bonds is 7. The van der Waals surface area contributed by atoms with Crippen molar-refractivity contribution in [2.45, 2.75) is 27.4 Å². The second-order valence-electron chi connectivity index (χ2n) is 8.43. The van der Waals surface area contributed by atoms with Gasteiger partial charge in [-0.05, 0) is 89.8 Å². The van der Waals surface area contributed by atoms with Crippen LogP contribution in [0.25, 0.3) is 6.08 Å². The third-order valence-corrected chi connectivity index (χ3v) is 6.75. The van der Waals surface area contributed by atoms with Gasteiger partial charge in [0.2, 0.25) is 0 Å². The number of hydrogen-bond donors (Lipinski definition) is 1. The van der Waals surface area contributed by atoms with E-state index in [4.69, 9.17) is 9.47 Å². The molecule has 7 nitrogen and oxygen atoms in total. The number of carbonyl (C=O) groups excluding carboxylic acids is 3. The summed E-state index contributed by atoms with van der Waals surface area (Å²) in [7, 11) is 0. The van der Waals surface area contributed by atoms with Crippen molar-refractivity contribution in [3.8, 4) is 11.5 Å². The fourth-order valence-corrected chi connectivity index (χ4v) is 4.75. The minimum Gasteiger partial charge on any atom is -0.490 e. The molecule has 0 aliphatic carbocycles. The maximum atomic E-state index is 13.3. The summed E-state index contributed by atoms with van der Waals surface area (Å²) >= 11 is 6.95. The van der Waals surface area contributed by atoms with Crippen LogP contribution in [0.2, 0.25) is 0 Å². The Morgan fingerprint density at radius 1 is 0.946 bits per heavy atom. The number of nitrogens with one attached hydrogen (secondary N) is 1. The van der Waals surface area contributed by atoms with Crippen LogP contribution in [0.3, 0.4) is 0 Å². The first-order valence-electron chi connectivity index (χ1n) is 11.5. The molecule has 1 heterocycles. The Morgan fingerprint density at radius 3 is 2.35 bits per heavy atom. The number of hydrogen-bond acceptors (Lipinski definition) is 5. The molecule has 0 radical (unpaired) electrons. The normalized spacial score (nSPS) is 14.7. The molecule has 1 N–H and O–H groups in total. The van der Waals surface area contributed by atoms with Gasteiger partial charge in [0.25, 0.3) is 11.8 Å². The van der Waals surface area contributed by atoms with Crippen molar-refractivity contribution in [2.24, 2.45) is 0 Å². The summed E-state index contributed by atoms with van der Waals surface area (Å²) in [5, 5.41) is 2.27. The highest BCUT2D eigenvalue weighted by atomic mass is 79.9. The number of urea groups is 1. The van der Waals surface area contributed by atoms with Crippen molar-refractivity contribution in [3.63, 3.8) is 0 Å². The average Bonchev–Trinajstić information content (AvgIpc) is 2.84. The van der Waals surface area contributed by atoms with E-state index < -0.39 is 17.8 Å². The van der Waals surface area contributed by atoms with Gasteiger partial charge in [0.15, 0.2) is 11.5 Å². The van der Waals surface area contributed by atoms with E-state index in [1.165, 1.54) is 6.08 Å². The SMILES string of the molecule is CCOc1cc(/C=C2\C(=O)NC(=O)N(c3ccc(C)cc3C)C2=O)cc(Br)c1OCc1ccc(Br)cc1. The maximum Gasteiger partial charge on any atom is 0.335 e. The molecule has 1 saturated heterocycles. The number of nitrogens with zero attached hydrogens (tertiary/aromatic N) is 1. The Balaban J connectivity index is 1.67. The molecule has 4 rings (SSSR count). The molecule has 190 valence electrons. The minimum atomic E-state index is -0.785. The van der Waals surface area contributed by atoms with Gasteiger partial charge in [-0.1, -0.05) is 45.8 Å². The highest BCUT2D eigenvalue weighted by Crippen LogP contribution is 2.38. The third kappa shape index (κ3) is 5.94. The number of amides is 4. The second kappa shape index (κ2) is 11.3. The lowest BCUT2D eigenvalue weighted by Gasteiger charge is -2.27. The fourth-order valence-electron chi connectivity index (χ4n) is 3.91. The molecule has 1 fully saturated rings. The molecular formula is C28H24Br2N2O5. The zero-order chi connectivity index (χ0) is 26.7. The van der Waals surface area contributed by atoms with Crippen LogP contribution in [0.1, 0.15) is 29.2 Å². The van der Waals surface area contributed by atoms with Crippen LogP contribution in [0.4, 0.5) is 10.5 Å². The van der Waals surface area contributed by atoms with Crippen LogP contribution in [0, 0.1) is 13.8 Å². The molecule has 1 aliphatic heterocycles. The van der Waals surface area contributed by atoms with E-state index in [2.05, 4.69) is 37.2 Å². The molecule has 0 unspecified atom stereocenters. The van der Waals surface area contributed by atoms with Crippen LogP contribution in [-0.2, 0) is 16.2 Å². The zero-order valence-corrected chi connectivity index (χ0v) is 23.6. The monoisotopic (exact) mass is 626 g/mol. The summed E-state index contributed by atoms with van der Waals surface area (Å²) < 4.78 is 13.4. The number of imide groups is 2. The zero-order valence-electron chi connectivity index (χ0n) is 20.4. The van der Waals surface area contributed by atoms with E-state index in [-0.39, 0.29) is 5.57 Å². The molecule has 0 saturated carbocycles. The largest absolute Gasteiger partial charge is 0.490 e. The summed E-state index contributed by atoms with van der Waals surface area (Å²) in [6, 6.07) is 15.8. The number of carbonyl (C=O) groups is 3. The fraction of sp³-hybridized carbons (Fsp3) is 0.179. The Kier molecular flexibility index (Phi) is 8.14. The molecule has 3 aromatic rings. The number of ether oxygens (including phenoxy) is 2. The number of barbiturate groups is 1. The van der Waals surface area contributed by atoms with Gasteiger partial charge in [-0.15, -0.1) is 0 Å². The van der Waals surface area contributed by atoms with Gasteiger partial charge < -0.3 is 9.47 Å². The molecule has 3 aromatic carbocycles. The highest BCUT2D eigenvalue weighted by molar-refractivity contribution is 9.10. The predicted octanol–water partition coefficient (Wildman–Crippen LogP) is 6.47. The first kappa shape index (κ1) is 26.6. The van der Waals surface area contributed by atoms with Crippen molar-refractivity contribution in [1.82, 2.24) is 5.32 Å². The van der Waals surface area contributed by atoms with Gasteiger partial charge in [-0.2, -0.15) is 0 Å². The van der Waals surface area contributed by atoms with Crippen LogP contribution in [0.15, 0.2) is 69.1 Å². The molecular weight excluding hydrogens is 604 g/mol. The van der Waals surface area contributed by atoms with Crippen LogP contribution >= 0.6 is 31.9 Å². The highest BCUT2D eigenvalue weighted by Gasteiger charge is 2.37. The van der Waals surface area contributed by atoms with Gasteiger partial charge in [-0.3, -0.25) is 14.9 Å². The molecule has 1 aliphatic rings. The quantitative estimate of drug-likeness (QED) is 0.240. The van der Waals surface area contributed by atoms with E-state index in [0.29, 0.717) is 40.4 Å². The third-order valence-electron chi connectivity index (χ3n) is 5.63. The topological polar surface area (TPSA) is 84.9 Å². The summed E-state index contributed by atoms with van der Waals surface area (Å²) in [4.78, 5) is 39.6. The molecule has 4 amide bonds. The predicted molar refractivity (Wildman–Crippen MR) is 149 cm³/mol. The Labute approximate surface area is 231 Å². The Bertz CT molecular complexity index is 1420. The standard InChI is InChI=1S/C28H24Br2N2O5/c1-4-36-24-14-19(13-22(30)25(24)37-15-18-6-8-20(29)9-7-18)12-21-26(33)31-28(35)32(27(21)34)23-10-5-16(2)11-17(23)3/h5-14H,4,15H2,1-3H3,(H,31,33,35)/b21-12+. The van der Waals surface area contributed by atoms with Crippen molar-refractivity contribution < 1.29 is 23.9 Å². The summed E-state index contributed by atoms with van der Waals surface area (Å²) in [5.74, 6) is -0.517. The lowest BCUT2D eigenvalue weighted by Crippen LogP contribution is -2.54. The van der Waals surface area contributed by atoms with Gasteiger partial charge in [-0.25, -0.2) is 9.69 Å². The van der Waals surface area contributed by atoms with E-state index in [1.807, 2.05) is 44.2 Å². The van der Waals surface area contributed by atoms with Gasteiger partial charge in [0, 0.05) is 4.47 Å². The van der Waals surface area contributed by atoms with Crippen LogP contribution in [-0.4, -0.2) is 24.5 Å². The summed E-state index contributed by atoms with van der Waals surface area (Å²) in [5.41, 5.74) is 3.49. The van der Waals surface area contributed by atoms with Crippen molar-refractivity contribution in [1.29, 1.82) is 0 Å². The molecule has 37 heavy (non-hydrogen) atoms. The lowest BCUT2D eigenvalue weighted by atomic mass is 10.0. The summed E-state index contributed by atoms with van der Waals surface area (Å²) in [6.45, 7) is 6.28. The maximum absolute atomic E-state index is 13.3. The molecule has 0 bridgehead atoms. The number of aryl methyl sites for hydroxylation is 2. The van der Waals surface area contributed by atoms with Crippen LogP contribution in [0.5, 0.6) is 11.5 Å². The molecule has 0 aromatic heterocycles. The number of halogens is 2. The van der Waals surface area contributed by atoms with Gasteiger partial charge in [0.1, 0.15) is 12.2 Å². The van der Waals surface area contributed by atoms with Crippen molar-refractivity contribution in [3.05, 3.63) is 91.4 Å². The molecule has 9 heteroatoms. The van der Waals surface area contributed by atoms with Gasteiger partial charge >= 0.3 is 6.03 Å². The first-order chi connectivity index (χ1) is 17.7. The lowest BCUT2D eigenvalue weighted by molar-refractivity contribution is -0.122. The van der Waals surface area contributed by atoms with Gasteiger partial charge in [0.05, 0.1) is 16.8 Å². The molecule has 0 atom stereocenters. The van der Waals surface area contributed by atoms with E-state index in [1.54, 1.807) is 31.2 Å². The van der Waals surface area contributed by atoms with Crippen molar-refractivity contribution >= 4 is 61.5 Å².